The first-order valence-electron chi connectivity index (χ1n) is 9.15. The highest BCUT2D eigenvalue weighted by Gasteiger charge is 2.21. The fourth-order valence-electron chi connectivity index (χ4n) is 2.77. The van der Waals surface area contributed by atoms with Crippen molar-refractivity contribution >= 4 is 34.3 Å². The Bertz CT molecular complexity index is 1050. The predicted octanol–water partition coefficient (Wildman–Crippen LogP) is 4.63. The number of nitrogens with zero attached hydrogens (tertiary/aromatic N) is 2. The molecule has 28 heavy (non-hydrogen) atoms. The minimum Gasteiger partial charge on any atom is -0.325 e. The van der Waals surface area contributed by atoms with E-state index in [4.69, 9.17) is 0 Å². The van der Waals surface area contributed by atoms with Gasteiger partial charge in [0, 0.05) is 11.7 Å². The molecule has 0 spiro atoms. The summed E-state index contributed by atoms with van der Waals surface area (Å²) in [4.78, 5) is 30.2. The zero-order chi connectivity index (χ0) is 20.3. The van der Waals surface area contributed by atoms with E-state index < -0.39 is 5.25 Å². The number of rotatable bonds is 6. The van der Waals surface area contributed by atoms with Crippen LogP contribution in [0.2, 0.25) is 0 Å². The maximum absolute atomic E-state index is 13.0. The maximum atomic E-state index is 13.0. The van der Waals surface area contributed by atoms with Crippen LogP contribution in [0.5, 0.6) is 0 Å². The molecule has 1 heterocycles. The maximum Gasteiger partial charge on any atom is 0.262 e. The van der Waals surface area contributed by atoms with E-state index in [1.165, 1.54) is 36.0 Å². The van der Waals surface area contributed by atoms with Gasteiger partial charge in [-0.15, -0.1) is 0 Å². The summed E-state index contributed by atoms with van der Waals surface area (Å²) < 4.78 is 14.7. The summed E-state index contributed by atoms with van der Waals surface area (Å²) >= 11 is 1.24. The summed E-state index contributed by atoms with van der Waals surface area (Å²) in [7, 11) is 0. The second-order valence-electron chi connectivity index (χ2n) is 6.60. The normalized spacial score (nSPS) is 13.3. The smallest absolute Gasteiger partial charge is 0.262 e. The van der Waals surface area contributed by atoms with Gasteiger partial charge in [0.2, 0.25) is 5.91 Å². The summed E-state index contributed by atoms with van der Waals surface area (Å²) in [5, 5.41) is 3.35. The Hall–Kier alpha value is -2.67. The number of hydrogen-bond donors (Lipinski definition) is 1. The van der Waals surface area contributed by atoms with E-state index in [2.05, 4.69) is 10.3 Å². The standard InChI is InChI=1S/C21H22FN3O2S/c1-4-13(2)25-20(27)17-7-5-6-8-18(17)24-21(25)28-14(3)19(26)23-16-11-9-15(22)10-12-16/h5-14H,4H2,1-3H3,(H,23,26)/t13-,14+/m0/s1. The number of carbonyl (C=O) groups excluding carboxylic acids is 1. The minimum atomic E-state index is -0.492. The number of para-hydroxylation sites is 1. The number of anilines is 1. The number of halogens is 1. The molecule has 0 aliphatic heterocycles. The lowest BCUT2D eigenvalue weighted by Gasteiger charge is -2.20. The zero-order valence-electron chi connectivity index (χ0n) is 16.0. The SMILES string of the molecule is CC[C@H](C)n1c(S[C@H](C)C(=O)Nc2ccc(F)cc2)nc2ccccc2c1=O. The highest BCUT2D eigenvalue weighted by atomic mass is 32.2. The summed E-state index contributed by atoms with van der Waals surface area (Å²) in [5.74, 6) is -0.604. The van der Waals surface area contributed by atoms with Gasteiger partial charge in [0.05, 0.1) is 16.2 Å². The third kappa shape index (κ3) is 4.25. The van der Waals surface area contributed by atoms with Crippen LogP contribution < -0.4 is 10.9 Å². The van der Waals surface area contributed by atoms with Crippen LogP contribution in [0.15, 0.2) is 58.5 Å². The van der Waals surface area contributed by atoms with Crippen molar-refractivity contribution in [2.45, 2.75) is 43.6 Å². The molecule has 0 radical (unpaired) electrons. The van der Waals surface area contributed by atoms with Crippen LogP contribution in [-0.4, -0.2) is 20.7 Å². The number of nitrogens with one attached hydrogen (secondary N) is 1. The average molecular weight is 399 g/mol. The quantitative estimate of drug-likeness (QED) is 0.485. The largest absolute Gasteiger partial charge is 0.325 e. The summed E-state index contributed by atoms with van der Waals surface area (Å²) in [6.07, 6.45) is 0.768. The molecule has 0 saturated carbocycles. The molecule has 0 saturated heterocycles. The molecule has 0 aliphatic carbocycles. The molecule has 0 unspecified atom stereocenters. The lowest BCUT2D eigenvalue weighted by molar-refractivity contribution is -0.115. The topological polar surface area (TPSA) is 64.0 Å². The van der Waals surface area contributed by atoms with E-state index in [0.29, 0.717) is 21.7 Å². The van der Waals surface area contributed by atoms with Crippen LogP contribution in [0.4, 0.5) is 10.1 Å². The molecule has 1 amide bonds. The summed E-state index contributed by atoms with van der Waals surface area (Å²) in [6, 6.07) is 12.8. The van der Waals surface area contributed by atoms with Crippen molar-refractivity contribution in [3.05, 3.63) is 64.7 Å². The Morgan fingerprint density at radius 2 is 1.86 bits per heavy atom. The third-order valence-electron chi connectivity index (χ3n) is 4.57. The van der Waals surface area contributed by atoms with Crippen LogP contribution >= 0.6 is 11.8 Å². The van der Waals surface area contributed by atoms with Crippen LogP contribution in [-0.2, 0) is 4.79 Å². The first-order chi connectivity index (χ1) is 13.4. The number of aromatic nitrogens is 2. The highest BCUT2D eigenvalue weighted by Crippen LogP contribution is 2.26. The average Bonchev–Trinajstić information content (AvgIpc) is 2.69. The van der Waals surface area contributed by atoms with E-state index in [1.807, 2.05) is 26.0 Å². The van der Waals surface area contributed by atoms with Crippen LogP contribution in [0.1, 0.15) is 33.2 Å². The van der Waals surface area contributed by atoms with Gasteiger partial charge in [0.25, 0.3) is 5.56 Å². The Morgan fingerprint density at radius 3 is 2.54 bits per heavy atom. The molecule has 146 valence electrons. The highest BCUT2D eigenvalue weighted by molar-refractivity contribution is 8.00. The van der Waals surface area contributed by atoms with Gasteiger partial charge in [-0.05, 0) is 56.7 Å². The van der Waals surface area contributed by atoms with Gasteiger partial charge in [0.1, 0.15) is 5.82 Å². The van der Waals surface area contributed by atoms with Crippen molar-refractivity contribution in [3.8, 4) is 0 Å². The molecule has 1 aromatic heterocycles. The Labute approximate surface area is 167 Å². The van der Waals surface area contributed by atoms with E-state index in [9.17, 15) is 14.0 Å². The molecule has 3 rings (SSSR count). The van der Waals surface area contributed by atoms with Gasteiger partial charge in [-0.3, -0.25) is 14.2 Å². The fraction of sp³-hybridized carbons (Fsp3) is 0.286. The van der Waals surface area contributed by atoms with Crippen molar-refractivity contribution < 1.29 is 9.18 Å². The number of thioether (sulfide) groups is 1. The minimum absolute atomic E-state index is 0.0422. The van der Waals surface area contributed by atoms with Crippen LogP contribution in [0.3, 0.4) is 0 Å². The van der Waals surface area contributed by atoms with Crippen LogP contribution in [0.25, 0.3) is 10.9 Å². The second-order valence-corrected chi connectivity index (χ2v) is 7.91. The molecule has 0 aliphatic rings. The number of benzene rings is 2. The molecular weight excluding hydrogens is 377 g/mol. The molecule has 5 nitrogen and oxygen atoms in total. The van der Waals surface area contributed by atoms with E-state index in [-0.39, 0.29) is 23.3 Å². The van der Waals surface area contributed by atoms with E-state index in [0.717, 1.165) is 6.42 Å². The molecule has 2 atom stereocenters. The lowest BCUT2D eigenvalue weighted by atomic mass is 10.2. The number of hydrogen-bond acceptors (Lipinski definition) is 4. The van der Waals surface area contributed by atoms with Gasteiger partial charge in [-0.1, -0.05) is 30.8 Å². The van der Waals surface area contributed by atoms with Crippen LogP contribution in [0, 0.1) is 5.82 Å². The number of carbonyl (C=O) groups is 1. The van der Waals surface area contributed by atoms with Crippen molar-refractivity contribution in [1.82, 2.24) is 9.55 Å². The monoisotopic (exact) mass is 399 g/mol. The first kappa shape index (κ1) is 20.1. The van der Waals surface area contributed by atoms with Crippen molar-refractivity contribution in [2.75, 3.05) is 5.32 Å². The zero-order valence-corrected chi connectivity index (χ0v) is 16.8. The summed E-state index contributed by atoms with van der Waals surface area (Å²) in [6.45, 7) is 5.72. The predicted molar refractivity (Wildman–Crippen MR) is 111 cm³/mol. The van der Waals surface area contributed by atoms with Crippen molar-refractivity contribution in [2.24, 2.45) is 0 Å². The Kier molecular flexibility index (Phi) is 6.14. The van der Waals surface area contributed by atoms with Crippen molar-refractivity contribution in [3.63, 3.8) is 0 Å². The third-order valence-corrected chi connectivity index (χ3v) is 5.64. The molecule has 0 fully saturated rings. The molecule has 2 aromatic carbocycles. The second kappa shape index (κ2) is 8.56. The van der Waals surface area contributed by atoms with Gasteiger partial charge in [0.15, 0.2) is 5.16 Å². The Morgan fingerprint density at radius 1 is 1.18 bits per heavy atom. The van der Waals surface area contributed by atoms with Crippen molar-refractivity contribution in [1.29, 1.82) is 0 Å². The van der Waals surface area contributed by atoms with Gasteiger partial charge in [-0.2, -0.15) is 0 Å². The van der Waals surface area contributed by atoms with Gasteiger partial charge < -0.3 is 5.32 Å². The molecule has 1 N–H and O–H groups in total. The van der Waals surface area contributed by atoms with Gasteiger partial charge >= 0.3 is 0 Å². The fourth-order valence-corrected chi connectivity index (χ4v) is 3.78. The van der Waals surface area contributed by atoms with E-state index >= 15 is 0 Å². The lowest BCUT2D eigenvalue weighted by Crippen LogP contribution is -2.28. The van der Waals surface area contributed by atoms with E-state index in [1.54, 1.807) is 23.6 Å². The van der Waals surface area contributed by atoms with Gasteiger partial charge in [-0.25, -0.2) is 9.37 Å². The number of amides is 1. The molecule has 3 aromatic rings. The Balaban J connectivity index is 1.90. The molecule has 7 heteroatoms. The number of fused-ring (bicyclic) bond motifs is 1. The first-order valence-corrected chi connectivity index (χ1v) is 10.0. The molecule has 0 bridgehead atoms. The summed E-state index contributed by atoms with van der Waals surface area (Å²) in [5.41, 5.74) is 1.03. The molecular formula is C21H22FN3O2S.